The predicted octanol–water partition coefficient (Wildman–Crippen LogP) is 0.232. The van der Waals surface area contributed by atoms with Crippen molar-refractivity contribution in [1.29, 1.82) is 0 Å². The van der Waals surface area contributed by atoms with Gasteiger partial charge in [0.2, 0.25) is 0 Å². The Morgan fingerprint density at radius 2 is 2.07 bits per heavy atom. The Hall–Kier alpha value is -0.120. The molecule has 2 aliphatic heterocycles. The van der Waals surface area contributed by atoms with Gasteiger partial charge in [0, 0.05) is 32.2 Å². The van der Waals surface area contributed by atoms with E-state index in [1.54, 1.807) is 0 Å². The van der Waals surface area contributed by atoms with Gasteiger partial charge in [0.05, 0.1) is 0 Å². The minimum absolute atomic E-state index is 0.770. The van der Waals surface area contributed by atoms with Crippen molar-refractivity contribution in [2.75, 3.05) is 46.8 Å². The van der Waals surface area contributed by atoms with Gasteiger partial charge in [-0.3, -0.25) is 0 Å². The molecule has 0 saturated carbocycles. The summed E-state index contributed by atoms with van der Waals surface area (Å²) in [5, 5.41) is 3.52. The molecule has 2 rings (SSSR count). The molecule has 0 radical (unpaired) electrons. The molecule has 3 nitrogen and oxygen atoms in total. The Kier molecular flexibility index (Phi) is 3.42. The lowest BCUT2D eigenvalue weighted by Gasteiger charge is -2.42. The first-order valence-electron chi connectivity index (χ1n) is 5.87. The maximum Gasteiger partial charge on any atom is 0.0258 e. The van der Waals surface area contributed by atoms with Crippen LogP contribution in [0.4, 0.5) is 0 Å². The minimum atomic E-state index is 0.770. The second-order valence-electron chi connectivity index (χ2n) is 4.92. The fourth-order valence-electron chi connectivity index (χ4n) is 2.87. The lowest BCUT2D eigenvalue weighted by atomic mass is 9.89. The Morgan fingerprint density at radius 1 is 1.21 bits per heavy atom. The topological polar surface area (TPSA) is 18.5 Å². The van der Waals surface area contributed by atoms with Gasteiger partial charge in [0.1, 0.15) is 0 Å². The van der Waals surface area contributed by atoms with Gasteiger partial charge in [0.15, 0.2) is 0 Å². The number of nitrogens with zero attached hydrogens (tertiary/aromatic N) is 2. The summed E-state index contributed by atoms with van der Waals surface area (Å²) in [6.45, 7) is 6.15. The first kappa shape index (κ1) is 10.4. The SMILES string of the molecule is CN1CCCC(C2CNCCN2C)C1. The summed E-state index contributed by atoms with van der Waals surface area (Å²) >= 11 is 0. The molecule has 0 aromatic heterocycles. The number of hydrogen-bond acceptors (Lipinski definition) is 3. The monoisotopic (exact) mass is 197 g/mol. The number of piperazine rings is 1. The van der Waals surface area contributed by atoms with Crippen LogP contribution in [0.5, 0.6) is 0 Å². The zero-order valence-electron chi connectivity index (χ0n) is 9.50. The molecule has 2 atom stereocenters. The molecule has 0 aromatic rings. The van der Waals surface area contributed by atoms with Crippen molar-refractivity contribution in [3.05, 3.63) is 0 Å². The van der Waals surface area contributed by atoms with E-state index < -0.39 is 0 Å². The zero-order chi connectivity index (χ0) is 9.97. The third-order valence-electron chi connectivity index (χ3n) is 3.77. The lowest BCUT2D eigenvalue weighted by Crippen LogP contribution is -2.55. The Labute approximate surface area is 87.4 Å². The molecule has 0 spiro atoms. The number of likely N-dealkylation sites (N-methyl/N-ethyl adjacent to an activating group) is 1. The van der Waals surface area contributed by atoms with Crippen molar-refractivity contribution in [1.82, 2.24) is 15.1 Å². The fourth-order valence-corrected chi connectivity index (χ4v) is 2.87. The van der Waals surface area contributed by atoms with Crippen molar-refractivity contribution in [2.45, 2.75) is 18.9 Å². The van der Waals surface area contributed by atoms with Gasteiger partial charge >= 0.3 is 0 Å². The summed E-state index contributed by atoms with van der Waals surface area (Å²) in [5.74, 6) is 0.881. The molecule has 2 saturated heterocycles. The third kappa shape index (κ3) is 2.27. The van der Waals surface area contributed by atoms with Crippen LogP contribution in [0, 0.1) is 5.92 Å². The first-order valence-corrected chi connectivity index (χ1v) is 5.87. The van der Waals surface area contributed by atoms with Gasteiger partial charge in [-0.2, -0.15) is 0 Å². The molecular formula is C11H23N3. The molecular weight excluding hydrogens is 174 g/mol. The van der Waals surface area contributed by atoms with Crippen molar-refractivity contribution in [3.63, 3.8) is 0 Å². The van der Waals surface area contributed by atoms with Crippen molar-refractivity contribution < 1.29 is 0 Å². The molecule has 0 aromatic carbocycles. The first-order chi connectivity index (χ1) is 6.77. The zero-order valence-corrected chi connectivity index (χ0v) is 9.50. The number of hydrogen-bond donors (Lipinski definition) is 1. The molecule has 1 N–H and O–H groups in total. The number of nitrogens with one attached hydrogen (secondary N) is 1. The minimum Gasteiger partial charge on any atom is -0.314 e. The Bertz CT molecular complexity index is 183. The second kappa shape index (κ2) is 4.60. The summed E-state index contributed by atoms with van der Waals surface area (Å²) in [7, 11) is 4.53. The molecule has 2 heterocycles. The Balaban J connectivity index is 1.91. The quantitative estimate of drug-likeness (QED) is 0.649. The third-order valence-corrected chi connectivity index (χ3v) is 3.77. The number of piperidine rings is 1. The van der Waals surface area contributed by atoms with Crippen molar-refractivity contribution >= 4 is 0 Å². The van der Waals surface area contributed by atoms with Gasteiger partial charge in [-0.1, -0.05) is 0 Å². The van der Waals surface area contributed by atoms with E-state index in [0.29, 0.717) is 0 Å². The Morgan fingerprint density at radius 3 is 2.79 bits per heavy atom. The number of rotatable bonds is 1. The largest absolute Gasteiger partial charge is 0.314 e. The molecule has 2 fully saturated rings. The molecule has 82 valence electrons. The standard InChI is InChI=1S/C11H23N3/c1-13-6-3-4-10(9-13)11-8-12-5-7-14(11)2/h10-12H,3-9H2,1-2H3. The van der Waals surface area contributed by atoms with Gasteiger partial charge < -0.3 is 15.1 Å². The van der Waals surface area contributed by atoms with Gasteiger partial charge in [0.25, 0.3) is 0 Å². The molecule has 3 heteroatoms. The smallest absolute Gasteiger partial charge is 0.0258 e. The fraction of sp³-hybridized carbons (Fsp3) is 1.00. The molecule has 14 heavy (non-hydrogen) atoms. The highest BCUT2D eigenvalue weighted by Gasteiger charge is 2.29. The molecule has 2 unspecified atom stereocenters. The van der Waals surface area contributed by atoms with E-state index in [-0.39, 0.29) is 0 Å². The summed E-state index contributed by atoms with van der Waals surface area (Å²) in [4.78, 5) is 5.02. The van der Waals surface area contributed by atoms with E-state index in [2.05, 4.69) is 29.2 Å². The molecule has 0 amide bonds. The van der Waals surface area contributed by atoms with Gasteiger partial charge in [-0.25, -0.2) is 0 Å². The van der Waals surface area contributed by atoms with Crippen LogP contribution in [-0.4, -0.2) is 62.7 Å². The van der Waals surface area contributed by atoms with E-state index in [4.69, 9.17) is 0 Å². The lowest BCUT2D eigenvalue weighted by molar-refractivity contribution is 0.0889. The van der Waals surface area contributed by atoms with Crippen LogP contribution >= 0.6 is 0 Å². The van der Waals surface area contributed by atoms with Crippen molar-refractivity contribution in [2.24, 2.45) is 5.92 Å². The van der Waals surface area contributed by atoms with E-state index in [1.807, 2.05) is 0 Å². The van der Waals surface area contributed by atoms with Crippen LogP contribution in [0.1, 0.15) is 12.8 Å². The van der Waals surface area contributed by atoms with Crippen LogP contribution < -0.4 is 5.32 Å². The van der Waals surface area contributed by atoms with E-state index in [9.17, 15) is 0 Å². The van der Waals surface area contributed by atoms with E-state index in [0.717, 1.165) is 18.5 Å². The average Bonchev–Trinajstić information content (AvgIpc) is 2.18. The summed E-state index contributed by atoms with van der Waals surface area (Å²) in [6, 6.07) is 0.770. The van der Waals surface area contributed by atoms with Crippen LogP contribution in [0.3, 0.4) is 0 Å². The predicted molar refractivity (Wildman–Crippen MR) is 59.5 cm³/mol. The second-order valence-corrected chi connectivity index (χ2v) is 4.92. The van der Waals surface area contributed by atoms with Crippen LogP contribution in [0.15, 0.2) is 0 Å². The average molecular weight is 197 g/mol. The summed E-state index contributed by atoms with van der Waals surface area (Å²) in [6.07, 6.45) is 2.80. The van der Waals surface area contributed by atoms with E-state index >= 15 is 0 Å². The highest BCUT2D eigenvalue weighted by atomic mass is 15.2. The summed E-state index contributed by atoms with van der Waals surface area (Å²) in [5.41, 5.74) is 0. The normalized spacial score (nSPS) is 37.3. The molecule has 2 aliphatic rings. The molecule has 0 aliphatic carbocycles. The van der Waals surface area contributed by atoms with Crippen molar-refractivity contribution in [3.8, 4) is 0 Å². The van der Waals surface area contributed by atoms with Gasteiger partial charge in [-0.05, 0) is 39.4 Å². The highest BCUT2D eigenvalue weighted by Crippen LogP contribution is 2.22. The highest BCUT2D eigenvalue weighted by molar-refractivity contribution is 4.87. The van der Waals surface area contributed by atoms with Crippen LogP contribution in [-0.2, 0) is 0 Å². The molecule has 0 bridgehead atoms. The van der Waals surface area contributed by atoms with Crippen LogP contribution in [0.25, 0.3) is 0 Å². The van der Waals surface area contributed by atoms with E-state index in [1.165, 1.54) is 39.0 Å². The van der Waals surface area contributed by atoms with Gasteiger partial charge in [-0.15, -0.1) is 0 Å². The maximum atomic E-state index is 3.52. The number of likely N-dealkylation sites (tertiary alicyclic amines) is 1. The summed E-state index contributed by atoms with van der Waals surface area (Å²) < 4.78 is 0. The maximum absolute atomic E-state index is 3.52. The van der Waals surface area contributed by atoms with Crippen LogP contribution in [0.2, 0.25) is 0 Å².